The molecule has 0 saturated carbocycles. The lowest BCUT2D eigenvalue weighted by molar-refractivity contribution is -0.120. The Morgan fingerprint density at radius 3 is 3.08 bits per heavy atom. The minimum absolute atomic E-state index is 0.0382. The van der Waals surface area contributed by atoms with Crippen LogP contribution in [0.5, 0.6) is 0 Å². The Labute approximate surface area is 71.2 Å². The van der Waals surface area contributed by atoms with Gasteiger partial charge in [0.15, 0.2) is 0 Å². The second kappa shape index (κ2) is 3.92. The summed E-state index contributed by atoms with van der Waals surface area (Å²) < 4.78 is 0. The van der Waals surface area contributed by atoms with Crippen LogP contribution in [-0.4, -0.2) is 17.9 Å². The van der Waals surface area contributed by atoms with E-state index in [1.807, 2.05) is 6.07 Å². The smallest absolute Gasteiger partial charge is 0.221 e. The molecule has 4 nitrogen and oxygen atoms in total. The third-order valence-corrected chi connectivity index (χ3v) is 1.73. The molecule has 0 aliphatic rings. The number of nitrogens with two attached hydrogens (primary N) is 1. The van der Waals surface area contributed by atoms with Crippen molar-refractivity contribution in [2.75, 3.05) is 7.05 Å². The molecular weight excluding hydrogens is 154 g/mol. The Morgan fingerprint density at radius 1 is 1.83 bits per heavy atom. The number of rotatable bonds is 3. The fraction of sp³-hybridized carbons (Fsp3) is 0.375. The first-order chi connectivity index (χ1) is 5.74. The van der Waals surface area contributed by atoms with Gasteiger partial charge in [-0.05, 0) is 11.6 Å². The quantitative estimate of drug-likeness (QED) is 0.599. The zero-order valence-corrected chi connectivity index (χ0v) is 7.00. The van der Waals surface area contributed by atoms with E-state index in [1.165, 1.54) is 0 Å². The van der Waals surface area contributed by atoms with E-state index in [-0.39, 0.29) is 11.9 Å². The van der Waals surface area contributed by atoms with Gasteiger partial charge < -0.3 is 16.0 Å². The highest BCUT2D eigenvalue weighted by Crippen LogP contribution is 2.11. The van der Waals surface area contributed by atoms with Crippen molar-refractivity contribution < 1.29 is 4.79 Å². The van der Waals surface area contributed by atoms with E-state index in [9.17, 15) is 4.79 Å². The molecule has 1 rings (SSSR count). The first-order valence-electron chi connectivity index (χ1n) is 3.83. The van der Waals surface area contributed by atoms with Crippen molar-refractivity contribution in [1.82, 2.24) is 10.3 Å². The van der Waals surface area contributed by atoms with Crippen LogP contribution in [0, 0.1) is 0 Å². The number of nitrogens with one attached hydrogen (secondary N) is 2. The van der Waals surface area contributed by atoms with Crippen molar-refractivity contribution in [2.24, 2.45) is 5.73 Å². The number of amides is 1. The highest BCUT2D eigenvalue weighted by atomic mass is 16.1. The molecule has 1 heterocycles. The van der Waals surface area contributed by atoms with Crippen molar-refractivity contribution >= 4 is 5.91 Å². The van der Waals surface area contributed by atoms with Gasteiger partial charge in [0.1, 0.15) is 0 Å². The third kappa shape index (κ3) is 2.10. The van der Waals surface area contributed by atoms with Gasteiger partial charge in [-0.1, -0.05) is 0 Å². The van der Waals surface area contributed by atoms with Crippen LogP contribution in [0.3, 0.4) is 0 Å². The molecule has 1 aromatic rings. The standard InChI is InChI=1S/C8H13N3O/c1-10-8(12)4-7(9)6-2-3-11-5-6/h2-3,5,7,11H,4,9H2,1H3,(H,10,12). The molecule has 0 aromatic carbocycles. The summed E-state index contributed by atoms with van der Waals surface area (Å²) in [5.74, 6) is -0.0382. The van der Waals surface area contributed by atoms with Crippen LogP contribution >= 0.6 is 0 Å². The van der Waals surface area contributed by atoms with Gasteiger partial charge >= 0.3 is 0 Å². The Bertz CT molecular complexity index is 243. The van der Waals surface area contributed by atoms with Crippen molar-refractivity contribution in [3.8, 4) is 0 Å². The molecule has 1 atom stereocenters. The van der Waals surface area contributed by atoms with Gasteiger partial charge in [0.2, 0.25) is 5.91 Å². The summed E-state index contributed by atoms with van der Waals surface area (Å²) in [5, 5.41) is 2.53. The summed E-state index contributed by atoms with van der Waals surface area (Å²) in [6.07, 6.45) is 3.92. The largest absolute Gasteiger partial charge is 0.367 e. The van der Waals surface area contributed by atoms with Gasteiger partial charge in [-0.2, -0.15) is 0 Å². The molecule has 66 valence electrons. The second-order valence-corrected chi connectivity index (χ2v) is 2.63. The fourth-order valence-electron chi connectivity index (χ4n) is 0.987. The summed E-state index contributed by atoms with van der Waals surface area (Å²) in [6.45, 7) is 0. The molecule has 0 bridgehead atoms. The zero-order valence-electron chi connectivity index (χ0n) is 7.00. The van der Waals surface area contributed by atoms with Crippen LogP contribution in [0.4, 0.5) is 0 Å². The second-order valence-electron chi connectivity index (χ2n) is 2.63. The van der Waals surface area contributed by atoms with Crippen molar-refractivity contribution in [1.29, 1.82) is 0 Å². The van der Waals surface area contributed by atoms with Crippen LogP contribution in [0.2, 0.25) is 0 Å². The van der Waals surface area contributed by atoms with E-state index in [0.29, 0.717) is 6.42 Å². The number of H-pyrrole nitrogens is 1. The van der Waals surface area contributed by atoms with Crippen LogP contribution in [0.25, 0.3) is 0 Å². The van der Waals surface area contributed by atoms with Gasteiger partial charge in [-0.25, -0.2) is 0 Å². The number of hydrogen-bond acceptors (Lipinski definition) is 2. The molecule has 1 amide bonds. The van der Waals surface area contributed by atoms with Crippen LogP contribution < -0.4 is 11.1 Å². The van der Waals surface area contributed by atoms with Crippen LogP contribution in [-0.2, 0) is 4.79 Å². The van der Waals surface area contributed by atoms with Gasteiger partial charge in [0, 0.05) is 31.9 Å². The molecule has 1 aromatic heterocycles. The Kier molecular flexibility index (Phi) is 2.88. The van der Waals surface area contributed by atoms with E-state index in [0.717, 1.165) is 5.56 Å². The van der Waals surface area contributed by atoms with Crippen LogP contribution in [0.1, 0.15) is 18.0 Å². The highest BCUT2D eigenvalue weighted by Gasteiger charge is 2.09. The van der Waals surface area contributed by atoms with Crippen molar-refractivity contribution in [2.45, 2.75) is 12.5 Å². The Morgan fingerprint density at radius 2 is 2.58 bits per heavy atom. The summed E-state index contributed by atoms with van der Waals surface area (Å²) >= 11 is 0. The molecule has 0 radical (unpaired) electrons. The number of hydrogen-bond donors (Lipinski definition) is 3. The molecule has 4 heteroatoms. The molecule has 0 saturated heterocycles. The van der Waals surface area contributed by atoms with Gasteiger partial charge in [-0.3, -0.25) is 4.79 Å². The predicted octanol–water partition coefficient (Wildman–Crippen LogP) is 0.151. The molecule has 1 unspecified atom stereocenters. The average molecular weight is 167 g/mol. The SMILES string of the molecule is CNC(=O)CC(N)c1cc[nH]c1. The van der Waals surface area contributed by atoms with Crippen LogP contribution in [0.15, 0.2) is 18.5 Å². The van der Waals surface area contributed by atoms with Crippen molar-refractivity contribution in [3.05, 3.63) is 24.0 Å². The van der Waals surface area contributed by atoms with Gasteiger partial charge in [0.05, 0.1) is 0 Å². The monoisotopic (exact) mass is 167 g/mol. The van der Waals surface area contributed by atoms with E-state index in [4.69, 9.17) is 5.73 Å². The number of carbonyl (C=O) groups is 1. The first-order valence-corrected chi connectivity index (χ1v) is 3.83. The lowest BCUT2D eigenvalue weighted by Gasteiger charge is -2.07. The predicted molar refractivity (Wildman–Crippen MR) is 46.4 cm³/mol. The van der Waals surface area contributed by atoms with E-state index in [1.54, 1.807) is 19.4 Å². The summed E-state index contributed by atoms with van der Waals surface area (Å²) in [5.41, 5.74) is 6.69. The van der Waals surface area contributed by atoms with E-state index >= 15 is 0 Å². The topological polar surface area (TPSA) is 70.9 Å². The number of carbonyl (C=O) groups excluding carboxylic acids is 1. The zero-order chi connectivity index (χ0) is 8.97. The summed E-state index contributed by atoms with van der Waals surface area (Å²) in [6, 6.07) is 1.66. The van der Waals surface area contributed by atoms with E-state index in [2.05, 4.69) is 10.3 Å². The molecule has 12 heavy (non-hydrogen) atoms. The third-order valence-electron chi connectivity index (χ3n) is 1.73. The fourth-order valence-corrected chi connectivity index (χ4v) is 0.987. The molecular formula is C8H13N3O. The Hall–Kier alpha value is -1.29. The maximum atomic E-state index is 10.9. The lowest BCUT2D eigenvalue weighted by atomic mass is 10.1. The van der Waals surface area contributed by atoms with Gasteiger partial charge in [0.25, 0.3) is 0 Å². The first kappa shape index (κ1) is 8.80. The summed E-state index contributed by atoms with van der Waals surface area (Å²) in [4.78, 5) is 13.8. The minimum Gasteiger partial charge on any atom is -0.367 e. The molecule has 4 N–H and O–H groups in total. The van der Waals surface area contributed by atoms with E-state index < -0.39 is 0 Å². The van der Waals surface area contributed by atoms with Crippen molar-refractivity contribution in [3.63, 3.8) is 0 Å². The molecule has 0 aliphatic carbocycles. The normalized spacial score (nSPS) is 12.5. The maximum Gasteiger partial charge on any atom is 0.221 e. The lowest BCUT2D eigenvalue weighted by Crippen LogP contribution is -2.23. The van der Waals surface area contributed by atoms with Gasteiger partial charge in [-0.15, -0.1) is 0 Å². The molecule has 0 fully saturated rings. The highest BCUT2D eigenvalue weighted by molar-refractivity contribution is 5.76. The average Bonchev–Trinajstić information content (AvgIpc) is 2.56. The molecule has 0 aliphatic heterocycles. The number of aromatic nitrogens is 1. The Balaban J connectivity index is 2.49. The molecule has 0 spiro atoms. The minimum atomic E-state index is -0.212. The summed E-state index contributed by atoms with van der Waals surface area (Å²) in [7, 11) is 1.60. The number of aromatic amines is 1. The maximum absolute atomic E-state index is 10.9.